The molecule has 4 nitrogen and oxygen atoms in total. The minimum Gasteiger partial charge on any atom is -0.458 e. The molecular weight excluding hydrogens is 1150 g/mol. The molecule has 4 aliphatic heterocycles. The molecule has 0 saturated heterocycles. The lowest BCUT2D eigenvalue weighted by molar-refractivity contribution is 0.483. The summed E-state index contributed by atoms with van der Waals surface area (Å²) in [5.41, 5.74) is 32.7. The van der Waals surface area contributed by atoms with Gasteiger partial charge in [0.1, 0.15) is 23.0 Å². The fourth-order valence-electron chi connectivity index (χ4n) is 17.1. The van der Waals surface area contributed by atoms with E-state index in [0.717, 1.165) is 79.2 Å². The summed E-state index contributed by atoms with van der Waals surface area (Å²) in [6.07, 6.45) is 0. The van der Waals surface area contributed by atoms with Crippen molar-refractivity contribution in [1.82, 2.24) is 0 Å². The zero-order valence-electron chi connectivity index (χ0n) is 56.5. The lowest BCUT2D eigenvalue weighted by Crippen LogP contribution is -2.64. The first-order chi connectivity index (χ1) is 45.6. The van der Waals surface area contributed by atoms with Gasteiger partial charge in [0.05, 0.1) is 11.1 Å². The average molecular weight is 1230 g/mol. The molecular formula is C89H76B2N2O2. The Hall–Kier alpha value is -10.0. The summed E-state index contributed by atoms with van der Waals surface area (Å²) in [7, 11) is 0. The third-order valence-corrected chi connectivity index (χ3v) is 21.8. The third-order valence-electron chi connectivity index (χ3n) is 21.8. The van der Waals surface area contributed by atoms with Crippen LogP contribution in [0.15, 0.2) is 243 Å². The van der Waals surface area contributed by atoms with Gasteiger partial charge in [0, 0.05) is 34.0 Å². The normalized spacial score (nSPS) is 14.7. The number of hydrogen-bond acceptors (Lipinski definition) is 4. The van der Waals surface area contributed by atoms with Crippen LogP contribution in [0.4, 0.5) is 34.1 Å². The van der Waals surface area contributed by atoms with Crippen LogP contribution < -0.4 is 52.1 Å². The summed E-state index contributed by atoms with van der Waals surface area (Å²) in [5, 5.41) is 0. The molecule has 0 aromatic heterocycles. The van der Waals surface area contributed by atoms with Crippen LogP contribution in [-0.4, -0.2) is 13.4 Å². The van der Waals surface area contributed by atoms with Gasteiger partial charge in [-0.25, -0.2) is 0 Å². The van der Waals surface area contributed by atoms with Crippen LogP contribution in [-0.2, 0) is 27.1 Å². The molecule has 4 heterocycles. The number of anilines is 6. The second-order valence-electron chi connectivity index (χ2n) is 31.6. The van der Waals surface area contributed by atoms with Crippen molar-refractivity contribution in [2.24, 2.45) is 0 Å². The third kappa shape index (κ3) is 8.35. The van der Waals surface area contributed by atoms with E-state index >= 15 is 0 Å². The Morgan fingerprint density at radius 2 is 0.779 bits per heavy atom. The van der Waals surface area contributed by atoms with Crippen LogP contribution in [0.25, 0.3) is 44.5 Å². The van der Waals surface area contributed by atoms with Crippen LogP contribution in [0.1, 0.15) is 128 Å². The van der Waals surface area contributed by atoms with Gasteiger partial charge in [-0.15, -0.1) is 0 Å². The maximum Gasteiger partial charge on any atom is 0.256 e. The highest BCUT2D eigenvalue weighted by Crippen LogP contribution is 2.65. The minimum atomic E-state index is -0.589. The molecule has 18 rings (SSSR count). The largest absolute Gasteiger partial charge is 0.458 e. The second-order valence-corrected chi connectivity index (χ2v) is 31.6. The summed E-state index contributed by atoms with van der Waals surface area (Å²) < 4.78 is 15.0. The van der Waals surface area contributed by atoms with E-state index in [9.17, 15) is 0 Å². The Morgan fingerprint density at radius 3 is 1.44 bits per heavy atom. The average Bonchev–Trinajstić information content (AvgIpc) is 1.61. The zero-order chi connectivity index (χ0) is 65.0. The Balaban J connectivity index is 0.990. The van der Waals surface area contributed by atoms with Crippen molar-refractivity contribution in [3.63, 3.8) is 0 Å². The molecule has 1 spiro atoms. The molecule has 0 N–H and O–H groups in total. The molecule has 0 bridgehead atoms. The molecule has 12 aromatic rings. The van der Waals surface area contributed by atoms with Crippen molar-refractivity contribution >= 4 is 80.3 Å². The van der Waals surface area contributed by atoms with Gasteiger partial charge < -0.3 is 19.3 Å². The lowest BCUT2D eigenvalue weighted by Gasteiger charge is -2.45. The van der Waals surface area contributed by atoms with E-state index in [0.29, 0.717) is 0 Å². The van der Waals surface area contributed by atoms with Gasteiger partial charge >= 0.3 is 0 Å². The number of fused-ring (bicyclic) bond motifs is 18. The quantitative estimate of drug-likeness (QED) is 0.164. The standard InChI is InChI=1S/C89H76B2N2O2/c1-85(2,3)55-28-24-29-59(46-55)92-74-52-75-72(51-71(74)90-69-38-22-23-39-78(69)94-81-50-58(88(10,11)12)48-77(92)84(81)90)91-70-42-40-57(87(7,8)9)49-79(70)95-80-45-54(44-76(83(80)91)93(75)73-43-41-56(86(4,5)6)47-65(73)53-26-14-13-15-27-53)60-33-25-34-64-63-32-18-21-37-68(63)89(82(60)64)66-35-19-16-30-61(66)62-31-17-20-36-67(62)89/h13-52H,1-12H3. The van der Waals surface area contributed by atoms with E-state index in [1.807, 2.05) is 0 Å². The number of ether oxygens (including phenoxy) is 2. The predicted molar refractivity (Wildman–Crippen MR) is 400 cm³/mol. The first kappa shape index (κ1) is 57.6. The van der Waals surface area contributed by atoms with Crippen molar-refractivity contribution in [3.8, 4) is 67.5 Å². The van der Waals surface area contributed by atoms with Gasteiger partial charge in [-0.2, -0.15) is 0 Å². The lowest BCUT2D eigenvalue weighted by atomic mass is 9.30. The minimum absolute atomic E-state index is 0.111. The molecule has 0 unspecified atom stereocenters. The molecule has 0 saturated carbocycles. The number of rotatable bonds is 4. The molecule has 0 atom stereocenters. The fraction of sp³-hybridized carbons (Fsp3) is 0.191. The van der Waals surface area contributed by atoms with Gasteiger partial charge in [0.15, 0.2) is 0 Å². The van der Waals surface area contributed by atoms with E-state index in [2.05, 4.69) is 336 Å². The van der Waals surface area contributed by atoms with Crippen molar-refractivity contribution in [2.45, 2.75) is 110 Å². The number of para-hydroxylation sites is 1. The predicted octanol–water partition coefficient (Wildman–Crippen LogP) is 19.4. The van der Waals surface area contributed by atoms with Crippen LogP contribution in [0.2, 0.25) is 0 Å². The van der Waals surface area contributed by atoms with Crippen molar-refractivity contribution in [2.75, 3.05) is 9.80 Å². The molecule has 0 fully saturated rings. The SMILES string of the molecule is CC(C)(C)c1cccc(N2c3cc4c(cc3B3c5ccccc5Oc5cc(C(C)(C)C)cc2c53)B2c3ccc(C(C)(C)C)cc3Oc3cc(-c5cccc6c5C5(c7ccccc7-c7ccccc75)c5ccccc5-6)cc(c32)N4c2ccc(C(C)(C)C)cc2-c2ccccc2)c1. The summed E-state index contributed by atoms with van der Waals surface area (Å²) in [5.74, 6) is 3.58. The molecule has 460 valence electrons. The van der Waals surface area contributed by atoms with Gasteiger partial charge in [0.2, 0.25) is 0 Å². The van der Waals surface area contributed by atoms with E-state index in [1.165, 1.54) is 99.7 Å². The van der Waals surface area contributed by atoms with Crippen LogP contribution in [0.5, 0.6) is 23.0 Å². The van der Waals surface area contributed by atoms with E-state index in [1.54, 1.807) is 0 Å². The van der Waals surface area contributed by atoms with E-state index in [4.69, 9.17) is 9.47 Å². The topological polar surface area (TPSA) is 24.9 Å². The highest BCUT2D eigenvalue weighted by Gasteiger charge is 2.54. The van der Waals surface area contributed by atoms with Gasteiger partial charge in [0.25, 0.3) is 13.4 Å². The molecule has 12 aromatic carbocycles. The van der Waals surface area contributed by atoms with Gasteiger partial charge in [-0.3, -0.25) is 0 Å². The molecule has 0 amide bonds. The Kier molecular flexibility index (Phi) is 12.1. The monoisotopic (exact) mass is 1230 g/mol. The molecule has 6 heteroatoms. The number of hydrogen-bond donors (Lipinski definition) is 0. The second kappa shape index (κ2) is 20.0. The van der Waals surface area contributed by atoms with Crippen molar-refractivity contribution in [1.29, 1.82) is 0 Å². The highest BCUT2D eigenvalue weighted by atomic mass is 16.5. The van der Waals surface area contributed by atoms with Crippen molar-refractivity contribution in [3.05, 3.63) is 287 Å². The Bertz CT molecular complexity index is 5220. The summed E-state index contributed by atoms with van der Waals surface area (Å²) >= 11 is 0. The first-order valence-corrected chi connectivity index (χ1v) is 34.1. The zero-order valence-corrected chi connectivity index (χ0v) is 56.5. The van der Waals surface area contributed by atoms with Crippen LogP contribution in [0.3, 0.4) is 0 Å². The maximum absolute atomic E-state index is 7.78. The summed E-state index contributed by atoms with van der Waals surface area (Å²) in [6.45, 7) is 27.5. The molecule has 2 aliphatic carbocycles. The molecule has 95 heavy (non-hydrogen) atoms. The fourth-order valence-corrected chi connectivity index (χ4v) is 17.1. The van der Waals surface area contributed by atoms with Gasteiger partial charge in [-0.1, -0.05) is 259 Å². The number of benzene rings is 12. The molecule has 0 radical (unpaired) electrons. The highest BCUT2D eigenvalue weighted by molar-refractivity contribution is 7.02. The van der Waals surface area contributed by atoms with Gasteiger partial charge in [-0.05, 0) is 205 Å². The summed E-state index contributed by atoms with van der Waals surface area (Å²) in [4.78, 5) is 5.25. The number of nitrogens with zero attached hydrogens (tertiary/aromatic N) is 2. The van der Waals surface area contributed by atoms with Crippen molar-refractivity contribution < 1.29 is 9.47 Å². The van der Waals surface area contributed by atoms with Crippen LogP contribution >= 0.6 is 0 Å². The Morgan fingerprint density at radius 1 is 0.284 bits per heavy atom. The summed E-state index contributed by atoms with van der Waals surface area (Å²) in [6, 6.07) is 93.2. The maximum atomic E-state index is 7.78. The van der Waals surface area contributed by atoms with Crippen LogP contribution in [0, 0.1) is 0 Å². The smallest absolute Gasteiger partial charge is 0.256 e. The van der Waals surface area contributed by atoms with E-state index in [-0.39, 0.29) is 35.1 Å². The first-order valence-electron chi connectivity index (χ1n) is 34.1. The Labute approximate surface area is 561 Å². The molecule has 6 aliphatic rings. The van der Waals surface area contributed by atoms with E-state index < -0.39 is 5.41 Å².